The van der Waals surface area contributed by atoms with E-state index in [0.29, 0.717) is 30.4 Å². The number of carbonyl (C=O) groups excluding carboxylic acids is 1. The first-order valence-corrected chi connectivity index (χ1v) is 12.6. The number of rotatable bonds is 4. The molecule has 0 amide bonds. The van der Waals surface area contributed by atoms with Crippen LogP contribution in [0.3, 0.4) is 0 Å². The minimum absolute atomic E-state index is 0.00896. The molecule has 0 aromatic heterocycles. The minimum Gasteiger partial charge on any atom is -0.494 e. The molecular weight excluding hydrogens is 531 g/mol. The summed E-state index contributed by atoms with van der Waals surface area (Å²) in [5, 5.41) is 5.59. The van der Waals surface area contributed by atoms with Gasteiger partial charge in [0.15, 0.2) is 0 Å². The zero-order valence-corrected chi connectivity index (χ0v) is 22.1. The molecule has 0 unspecified atom stereocenters. The van der Waals surface area contributed by atoms with Gasteiger partial charge in [-0.3, -0.25) is 0 Å². The Morgan fingerprint density at radius 3 is 2.62 bits per heavy atom. The molecule has 2 aromatic carbocycles. The van der Waals surface area contributed by atoms with Gasteiger partial charge < -0.3 is 29.6 Å². The van der Waals surface area contributed by atoms with Crippen LogP contribution < -0.4 is 20.1 Å². The largest absolute Gasteiger partial charge is 0.494 e. The molecule has 10 nitrogen and oxygen atoms in total. The zero-order chi connectivity index (χ0) is 28.8. The number of alkyl halides is 3. The van der Waals surface area contributed by atoms with Crippen LogP contribution in [0.5, 0.6) is 11.5 Å². The number of guanidine groups is 2. The SMILES string of the molecule is C=N/C1=N\C(NCOCC(F)(F)F)=NCc2cccc(c2)OCCCCCCOc2cc(ccc2C(=O)OC)N1. The maximum atomic E-state index is 12.5. The number of benzene rings is 2. The van der Waals surface area contributed by atoms with Crippen LogP contribution in [0.25, 0.3) is 0 Å². The fraction of sp³-hybridized carbons (Fsp3) is 0.407. The molecule has 0 fully saturated rings. The second-order valence-corrected chi connectivity index (χ2v) is 8.60. The number of esters is 1. The maximum absolute atomic E-state index is 12.5. The van der Waals surface area contributed by atoms with Gasteiger partial charge in [-0.05, 0) is 62.2 Å². The number of nitrogens with zero attached hydrogens (tertiary/aromatic N) is 3. The van der Waals surface area contributed by atoms with Gasteiger partial charge >= 0.3 is 12.1 Å². The molecule has 0 spiro atoms. The number of hydrogen-bond donors (Lipinski definition) is 2. The monoisotopic (exact) mass is 563 g/mol. The lowest BCUT2D eigenvalue weighted by Crippen LogP contribution is -2.29. The van der Waals surface area contributed by atoms with E-state index in [2.05, 4.69) is 37.1 Å². The summed E-state index contributed by atoms with van der Waals surface area (Å²) in [5.41, 5.74) is 1.53. The zero-order valence-electron chi connectivity index (χ0n) is 22.1. The fourth-order valence-electron chi connectivity index (χ4n) is 3.57. The van der Waals surface area contributed by atoms with E-state index >= 15 is 0 Å². The summed E-state index contributed by atoms with van der Waals surface area (Å²) in [7, 11) is 1.28. The number of methoxy groups -OCH3 is 1. The van der Waals surface area contributed by atoms with Crippen LogP contribution in [0.4, 0.5) is 18.9 Å². The number of fused-ring (bicyclic) bond motifs is 4. The van der Waals surface area contributed by atoms with Crippen molar-refractivity contribution < 1.29 is 36.9 Å². The Morgan fingerprint density at radius 2 is 1.90 bits per heavy atom. The molecule has 13 heteroatoms. The molecule has 3 rings (SSSR count). The summed E-state index contributed by atoms with van der Waals surface area (Å²) in [6.45, 7) is 2.65. The van der Waals surface area contributed by atoms with Crippen molar-refractivity contribution in [3.05, 3.63) is 53.6 Å². The van der Waals surface area contributed by atoms with E-state index in [9.17, 15) is 18.0 Å². The fourth-order valence-corrected chi connectivity index (χ4v) is 3.57. The molecular formula is C27H32F3N5O5. The van der Waals surface area contributed by atoms with Gasteiger partial charge in [-0.1, -0.05) is 12.1 Å². The Balaban J connectivity index is 1.90. The van der Waals surface area contributed by atoms with Crippen LogP contribution >= 0.6 is 0 Å². The van der Waals surface area contributed by atoms with Crippen molar-refractivity contribution in [3.8, 4) is 11.5 Å². The number of carbonyl (C=O) groups is 1. The Labute approximate surface area is 230 Å². The summed E-state index contributed by atoms with van der Waals surface area (Å²) in [5.74, 6) is 0.389. The summed E-state index contributed by atoms with van der Waals surface area (Å²) in [6, 6.07) is 12.1. The number of ether oxygens (including phenoxy) is 4. The van der Waals surface area contributed by atoms with Crippen molar-refractivity contribution in [2.45, 2.75) is 38.4 Å². The van der Waals surface area contributed by atoms with Gasteiger partial charge in [0.2, 0.25) is 11.9 Å². The Hall–Kier alpha value is -4.13. The van der Waals surface area contributed by atoms with E-state index in [0.717, 1.165) is 31.2 Å². The smallest absolute Gasteiger partial charge is 0.411 e. The van der Waals surface area contributed by atoms with Gasteiger partial charge in [0.1, 0.15) is 30.4 Å². The van der Waals surface area contributed by atoms with E-state index in [1.54, 1.807) is 18.2 Å². The van der Waals surface area contributed by atoms with Crippen LogP contribution in [0.1, 0.15) is 41.6 Å². The van der Waals surface area contributed by atoms with E-state index in [-0.39, 0.29) is 24.0 Å². The van der Waals surface area contributed by atoms with Crippen LogP contribution in [-0.2, 0) is 16.0 Å². The van der Waals surface area contributed by atoms with E-state index in [1.165, 1.54) is 7.11 Å². The van der Waals surface area contributed by atoms with Gasteiger partial charge in [-0.15, -0.1) is 0 Å². The van der Waals surface area contributed by atoms with E-state index in [1.807, 2.05) is 24.3 Å². The molecule has 0 radical (unpaired) electrons. The van der Waals surface area contributed by atoms with Crippen molar-refractivity contribution in [2.24, 2.45) is 15.0 Å². The number of nitrogens with one attached hydrogen (secondary N) is 2. The highest BCUT2D eigenvalue weighted by molar-refractivity contribution is 6.04. The predicted molar refractivity (Wildman–Crippen MR) is 145 cm³/mol. The van der Waals surface area contributed by atoms with E-state index in [4.69, 9.17) is 14.2 Å². The Morgan fingerprint density at radius 1 is 1.12 bits per heavy atom. The van der Waals surface area contributed by atoms with Crippen LogP contribution in [0, 0.1) is 0 Å². The molecule has 4 bridgehead atoms. The number of aliphatic imine (C=N–C) groups is 3. The first-order valence-electron chi connectivity index (χ1n) is 12.6. The second kappa shape index (κ2) is 15.5. The quantitative estimate of drug-likeness (QED) is 0.234. The number of hydrogen-bond acceptors (Lipinski definition) is 10. The standard InChI is InChI=1S/C27H32F3N5O5/c1-31-25-34-20-10-11-22(24(36)37-2)23(15-20)40-13-6-4-3-5-12-39-21-9-7-8-19(14-21)16-32-26(35-25)33-18-38-17-27(28,29)30/h7-11,14-15H,1,3-6,12-13,16-18H2,2H3,(H2,32,33,34,35). The average molecular weight is 564 g/mol. The first kappa shape index (κ1) is 30.4. The lowest BCUT2D eigenvalue weighted by molar-refractivity contribution is -0.174. The molecule has 0 saturated carbocycles. The molecule has 40 heavy (non-hydrogen) atoms. The van der Waals surface area contributed by atoms with E-state index < -0.39 is 25.5 Å². The normalized spacial score (nSPS) is 16.5. The molecule has 1 aliphatic heterocycles. The molecule has 1 heterocycles. The van der Waals surface area contributed by atoms with Gasteiger partial charge in [0, 0.05) is 11.8 Å². The third-order valence-corrected chi connectivity index (χ3v) is 5.48. The molecule has 2 N–H and O–H groups in total. The van der Waals surface area contributed by atoms with Crippen molar-refractivity contribution in [2.75, 3.05) is 39.0 Å². The Bertz CT molecular complexity index is 1200. The topological polar surface area (TPSA) is 115 Å². The number of halogens is 3. The number of anilines is 1. The summed E-state index contributed by atoms with van der Waals surface area (Å²) >= 11 is 0. The van der Waals surface area contributed by atoms with Crippen molar-refractivity contribution >= 4 is 30.3 Å². The molecule has 0 atom stereocenters. The summed E-state index contributed by atoms with van der Waals surface area (Å²) in [6.07, 6.45) is -0.989. The molecule has 0 aliphatic carbocycles. The van der Waals surface area contributed by atoms with Crippen LogP contribution in [0.2, 0.25) is 0 Å². The predicted octanol–water partition coefficient (Wildman–Crippen LogP) is 4.96. The average Bonchev–Trinajstić information content (AvgIpc) is 2.93. The first-order chi connectivity index (χ1) is 19.3. The molecule has 216 valence electrons. The summed E-state index contributed by atoms with van der Waals surface area (Å²) in [4.78, 5) is 24.8. The van der Waals surface area contributed by atoms with Crippen LogP contribution in [0.15, 0.2) is 57.4 Å². The lowest BCUT2D eigenvalue weighted by atomic mass is 10.1. The van der Waals surface area contributed by atoms with Gasteiger partial charge in [-0.2, -0.15) is 18.2 Å². The van der Waals surface area contributed by atoms with Gasteiger partial charge in [0.05, 0.1) is 26.9 Å². The summed E-state index contributed by atoms with van der Waals surface area (Å²) < 4.78 is 58.8. The third-order valence-electron chi connectivity index (χ3n) is 5.48. The minimum atomic E-state index is -4.48. The lowest BCUT2D eigenvalue weighted by Gasteiger charge is -2.14. The van der Waals surface area contributed by atoms with Gasteiger partial charge in [0.25, 0.3) is 0 Å². The third kappa shape index (κ3) is 10.6. The highest BCUT2D eigenvalue weighted by Crippen LogP contribution is 2.25. The molecule has 0 saturated heterocycles. The Kier molecular flexibility index (Phi) is 11.8. The maximum Gasteiger partial charge on any atom is 0.411 e. The molecule has 2 aromatic rings. The highest BCUT2D eigenvalue weighted by Gasteiger charge is 2.27. The van der Waals surface area contributed by atoms with Gasteiger partial charge in [-0.25, -0.2) is 14.8 Å². The van der Waals surface area contributed by atoms with Crippen molar-refractivity contribution in [1.82, 2.24) is 5.32 Å². The van der Waals surface area contributed by atoms with Crippen molar-refractivity contribution in [3.63, 3.8) is 0 Å². The molecule has 1 aliphatic rings. The highest BCUT2D eigenvalue weighted by atomic mass is 19.4. The van der Waals surface area contributed by atoms with Crippen molar-refractivity contribution in [1.29, 1.82) is 0 Å². The second-order valence-electron chi connectivity index (χ2n) is 8.60. The van der Waals surface area contributed by atoms with Crippen LogP contribution in [-0.4, -0.2) is 64.4 Å².